The maximum absolute atomic E-state index is 12.7. The van der Waals surface area contributed by atoms with Crippen LogP contribution in [-0.4, -0.2) is 34.5 Å². The molecular formula is C20H19N3O3S. The molecule has 27 heavy (non-hydrogen) atoms. The summed E-state index contributed by atoms with van der Waals surface area (Å²) in [5.41, 5.74) is 2.00. The number of hydrogen-bond acceptors (Lipinski definition) is 5. The van der Waals surface area contributed by atoms with Crippen molar-refractivity contribution in [2.75, 3.05) is 11.9 Å². The molecule has 0 spiro atoms. The number of nitrogens with one attached hydrogen (secondary N) is 1. The first-order chi connectivity index (χ1) is 13.1. The average Bonchev–Trinajstić information content (AvgIpc) is 3.28. The van der Waals surface area contributed by atoms with E-state index in [1.54, 1.807) is 24.3 Å². The number of thiazole rings is 1. The van der Waals surface area contributed by atoms with Crippen LogP contribution >= 0.6 is 11.3 Å². The zero-order valence-electron chi connectivity index (χ0n) is 14.8. The highest BCUT2D eigenvalue weighted by molar-refractivity contribution is 7.22. The van der Waals surface area contributed by atoms with Crippen LogP contribution in [0.5, 0.6) is 5.75 Å². The number of rotatable bonds is 3. The van der Waals surface area contributed by atoms with Gasteiger partial charge < -0.3 is 10.1 Å². The zero-order valence-corrected chi connectivity index (χ0v) is 15.7. The Kier molecular flexibility index (Phi) is 4.77. The summed E-state index contributed by atoms with van der Waals surface area (Å²) in [6.45, 7) is 2.52. The van der Waals surface area contributed by atoms with E-state index in [1.165, 1.54) is 16.2 Å². The van der Waals surface area contributed by atoms with Crippen LogP contribution in [0.25, 0.3) is 10.2 Å². The Morgan fingerprint density at radius 1 is 1.22 bits per heavy atom. The molecular weight excluding hydrogens is 362 g/mol. The number of nitrogens with zero attached hydrogens (tertiary/aromatic N) is 2. The van der Waals surface area contributed by atoms with Crippen LogP contribution < -0.4 is 10.1 Å². The molecule has 1 aromatic heterocycles. The van der Waals surface area contributed by atoms with Crippen molar-refractivity contribution in [2.24, 2.45) is 0 Å². The third kappa shape index (κ3) is 3.78. The first kappa shape index (κ1) is 17.5. The fourth-order valence-electron chi connectivity index (χ4n) is 3.18. The zero-order chi connectivity index (χ0) is 18.8. The Morgan fingerprint density at radius 3 is 2.85 bits per heavy atom. The standard InChI is InChI=1S/C20H19N3O3S/c1-13-9-10-15-17(12-13)27-19(21-15)22-18(24)16-8-5-11-23(16)20(25)26-14-6-3-2-4-7-14/h2-4,6-7,9-10,12,16H,5,8,11H2,1H3,(H,21,22,24)/t16-/m1/s1. The third-order valence-electron chi connectivity index (χ3n) is 4.51. The van der Waals surface area contributed by atoms with Crippen molar-refractivity contribution >= 4 is 38.7 Å². The summed E-state index contributed by atoms with van der Waals surface area (Å²) >= 11 is 1.43. The predicted molar refractivity (Wildman–Crippen MR) is 105 cm³/mol. The van der Waals surface area contributed by atoms with Gasteiger partial charge in [-0.1, -0.05) is 35.6 Å². The van der Waals surface area contributed by atoms with Gasteiger partial charge in [0.2, 0.25) is 5.91 Å². The van der Waals surface area contributed by atoms with Crippen LogP contribution in [0.4, 0.5) is 9.93 Å². The highest BCUT2D eigenvalue weighted by Gasteiger charge is 2.35. The molecule has 1 saturated heterocycles. The van der Waals surface area contributed by atoms with E-state index >= 15 is 0 Å². The van der Waals surface area contributed by atoms with Crippen LogP contribution in [0.3, 0.4) is 0 Å². The SMILES string of the molecule is Cc1ccc2nc(NC(=O)[C@H]3CCCN3C(=O)Oc3ccccc3)sc2c1. The molecule has 1 aliphatic heterocycles. The number of ether oxygens (including phenoxy) is 1. The van der Waals surface area contributed by atoms with Crippen LogP contribution in [0, 0.1) is 6.92 Å². The normalized spacial score (nSPS) is 16.5. The Morgan fingerprint density at radius 2 is 2.04 bits per heavy atom. The first-order valence-electron chi connectivity index (χ1n) is 8.82. The number of aryl methyl sites for hydroxylation is 1. The van der Waals surface area contributed by atoms with Crippen molar-refractivity contribution < 1.29 is 14.3 Å². The molecule has 2 amide bonds. The maximum Gasteiger partial charge on any atom is 0.415 e. The van der Waals surface area contributed by atoms with E-state index in [4.69, 9.17) is 4.74 Å². The van der Waals surface area contributed by atoms with E-state index in [2.05, 4.69) is 10.3 Å². The van der Waals surface area contributed by atoms with Gasteiger partial charge in [0.25, 0.3) is 0 Å². The predicted octanol–water partition coefficient (Wildman–Crippen LogP) is 4.21. The lowest BCUT2D eigenvalue weighted by Crippen LogP contribution is -2.44. The first-order valence-corrected chi connectivity index (χ1v) is 9.63. The molecule has 0 unspecified atom stereocenters. The minimum atomic E-state index is -0.546. The Balaban J connectivity index is 1.45. The number of anilines is 1. The summed E-state index contributed by atoms with van der Waals surface area (Å²) in [5, 5.41) is 3.41. The summed E-state index contributed by atoms with van der Waals surface area (Å²) in [7, 11) is 0. The maximum atomic E-state index is 12.7. The van der Waals surface area contributed by atoms with Crippen molar-refractivity contribution in [2.45, 2.75) is 25.8 Å². The molecule has 1 atom stereocenters. The minimum Gasteiger partial charge on any atom is -0.410 e. The monoisotopic (exact) mass is 381 g/mol. The number of hydrogen-bond donors (Lipinski definition) is 1. The third-order valence-corrected chi connectivity index (χ3v) is 5.45. The Bertz CT molecular complexity index is 987. The second-order valence-electron chi connectivity index (χ2n) is 6.51. The smallest absolute Gasteiger partial charge is 0.410 e. The van der Waals surface area contributed by atoms with Crippen molar-refractivity contribution in [3.05, 3.63) is 54.1 Å². The van der Waals surface area contributed by atoms with Gasteiger partial charge in [-0.25, -0.2) is 9.78 Å². The number of carbonyl (C=O) groups is 2. The fourth-order valence-corrected chi connectivity index (χ4v) is 4.15. The highest BCUT2D eigenvalue weighted by atomic mass is 32.1. The van der Waals surface area contributed by atoms with Gasteiger partial charge in [0, 0.05) is 6.54 Å². The van der Waals surface area contributed by atoms with Crippen LogP contribution in [0.15, 0.2) is 48.5 Å². The molecule has 1 fully saturated rings. The van der Waals surface area contributed by atoms with Crippen LogP contribution in [-0.2, 0) is 4.79 Å². The fraction of sp³-hybridized carbons (Fsp3) is 0.250. The molecule has 0 bridgehead atoms. The van der Waals surface area contributed by atoms with Crippen LogP contribution in [0.2, 0.25) is 0 Å². The summed E-state index contributed by atoms with van der Waals surface area (Å²) < 4.78 is 6.41. The van der Waals surface area contributed by atoms with Gasteiger partial charge in [0.15, 0.2) is 5.13 Å². The second-order valence-corrected chi connectivity index (χ2v) is 7.54. The molecule has 4 rings (SSSR count). The number of carbonyl (C=O) groups excluding carboxylic acids is 2. The highest BCUT2D eigenvalue weighted by Crippen LogP contribution is 2.28. The summed E-state index contributed by atoms with van der Waals surface area (Å²) in [6, 6.07) is 14.3. The molecule has 2 heterocycles. The van der Waals surface area contributed by atoms with E-state index in [1.807, 2.05) is 31.2 Å². The van der Waals surface area contributed by atoms with Gasteiger partial charge in [0.1, 0.15) is 11.8 Å². The lowest BCUT2D eigenvalue weighted by Gasteiger charge is -2.22. The van der Waals surface area contributed by atoms with Crippen molar-refractivity contribution in [3.63, 3.8) is 0 Å². The molecule has 138 valence electrons. The molecule has 0 saturated carbocycles. The van der Waals surface area contributed by atoms with Gasteiger partial charge >= 0.3 is 6.09 Å². The quantitative estimate of drug-likeness (QED) is 0.738. The number of fused-ring (bicyclic) bond motifs is 1. The van der Waals surface area contributed by atoms with E-state index in [-0.39, 0.29) is 5.91 Å². The van der Waals surface area contributed by atoms with E-state index in [9.17, 15) is 9.59 Å². The molecule has 7 heteroatoms. The number of likely N-dealkylation sites (tertiary alicyclic amines) is 1. The molecule has 3 aromatic rings. The lowest BCUT2D eigenvalue weighted by atomic mass is 10.2. The van der Waals surface area contributed by atoms with Gasteiger partial charge in [-0.2, -0.15) is 0 Å². The van der Waals surface area contributed by atoms with Gasteiger partial charge in [-0.15, -0.1) is 0 Å². The van der Waals surface area contributed by atoms with E-state index in [0.717, 1.165) is 22.2 Å². The van der Waals surface area contributed by atoms with Crippen molar-refractivity contribution in [1.82, 2.24) is 9.88 Å². The van der Waals surface area contributed by atoms with Crippen LogP contribution in [0.1, 0.15) is 18.4 Å². The van der Waals surface area contributed by atoms with Gasteiger partial charge in [0.05, 0.1) is 10.2 Å². The Labute approximate surface area is 160 Å². The largest absolute Gasteiger partial charge is 0.415 e. The summed E-state index contributed by atoms with van der Waals surface area (Å²) in [4.78, 5) is 31.1. The molecule has 1 aliphatic rings. The molecule has 0 aliphatic carbocycles. The Hall–Kier alpha value is -2.93. The lowest BCUT2D eigenvalue weighted by molar-refractivity contribution is -0.119. The average molecular weight is 381 g/mol. The van der Waals surface area contributed by atoms with E-state index < -0.39 is 12.1 Å². The molecule has 1 N–H and O–H groups in total. The van der Waals surface area contributed by atoms with Gasteiger partial charge in [-0.3, -0.25) is 9.69 Å². The number of para-hydroxylation sites is 1. The number of benzene rings is 2. The topological polar surface area (TPSA) is 71.5 Å². The summed E-state index contributed by atoms with van der Waals surface area (Å²) in [5.74, 6) is 0.239. The number of aromatic nitrogens is 1. The van der Waals surface area contributed by atoms with Crippen molar-refractivity contribution in [3.8, 4) is 5.75 Å². The summed E-state index contributed by atoms with van der Waals surface area (Å²) in [6.07, 6.45) is 0.875. The van der Waals surface area contributed by atoms with Crippen molar-refractivity contribution in [1.29, 1.82) is 0 Å². The molecule has 6 nitrogen and oxygen atoms in total. The minimum absolute atomic E-state index is 0.228. The molecule has 0 radical (unpaired) electrons. The molecule has 2 aromatic carbocycles. The van der Waals surface area contributed by atoms with Gasteiger partial charge in [-0.05, 0) is 49.6 Å². The second kappa shape index (κ2) is 7.36. The number of amides is 2. The van der Waals surface area contributed by atoms with E-state index in [0.29, 0.717) is 23.8 Å².